The Kier molecular flexibility index (Phi) is 4.63. The van der Waals surface area contributed by atoms with E-state index in [1.54, 1.807) is 11.3 Å². The summed E-state index contributed by atoms with van der Waals surface area (Å²) >= 11 is 1.64. The molecule has 0 unspecified atom stereocenters. The fourth-order valence-corrected chi connectivity index (χ4v) is 2.86. The van der Waals surface area contributed by atoms with Crippen molar-refractivity contribution < 1.29 is 4.74 Å². The van der Waals surface area contributed by atoms with Gasteiger partial charge in [0.2, 0.25) is 0 Å². The van der Waals surface area contributed by atoms with Crippen molar-refractivity contribution in [3.8, 4) is 0 Å². The largest absolute Gasteiger partial charge is 0.378 e. The summed E-state index contributed by atoms with van der Waals surface area (Å²) < 4.78 is 5.38. The number of rotatable bonds is 5. The first-order chi connectivity index (χ1) is 9.92. The summed E-state index contributed by atoms with van der Waals surface area (Å²) in [7, 11) is 0. The lowest BCUT2D eigenvalue weighted by atomic mass is 10.2. The van der Waals surface area contributed by atoms with E-state index in [9.17, 15) is 0 Å². The van der Waals surface area contributed by atoms with Gasteiger partial charge in [0.05, 0.1) is 24.4 Å². The molecule has 1 aromatic heterocycles. The second-order valence-corrected chi connectivity index (χ2v) is 5.57. The number of nitrogens with zero attached hydrogens (tertiary/aromatic N) is 2. The lowest BCUT2D eigenvalue weighted by Gasteiger charge is -2.28. The molecule has 0 spiro atoms. The van der Waals surface area contributed by atoms with E-state index in [0.29, 0.717) is 0 Å². The van der Waals surface area contributed by atoms with Gasteiger partial charge in [-0.25, -0.2) is 4.98 Å². The van der Waals surface area contributed by atoms with E-state index in [2.05, 4.69) is 44.8 Å². The fraction of sp³-hybridized carbons (Fsp3) is 0.400. The Labute approximate surface area is 123 Å². The monoisotopic (exact) mass is 289 g/mol. The summed E-state index contributed by atoms with van der Waals surface area (Å²) in [6, 6.07) is 8.79. The average molecular weight is 289 g/mol. The Hall–Kier alpha value is -1.43. The SMILES string of the molecule is c1nc(CNCc2ccc(N3CCOCC3)cc2)cs1. The number of hydrogen-bond acceptors (Lipinski definition) is 5. The van der Waals surface area contributed by atoms with E-state index in [4.69, 9.17) is 4.74 Å². The summed E-state index contributed by atoms with van der Waals surface area (Å²) in [5, 5.41) is 5.49. The van der Waals surface area contributed by atoms with E-state index in [1.807, 2.05) is 5.51 Å². The van der Waals surface area contributed by atoms with E-state index in [1.165, 1.54) is 11.3 Å². The molecular weight excluding hydrogens is 270 g/mol. The van der Waals surface area contributed by atoms with Gasteiger partial charge in [-0.1, -0.05) is 12.1 Å². The zero-order valence-corrected chi connectivity index (χ0v) is 12.2. The van der Waals surface area contributed by atoms with E-state index in [-0.39, 0.29) is 0 Å². The number of morpholine rings is 1. The number of benzene rings is 1. The highest BCUT2D eigenvalue weighted by atomic mass is 32.1. The Bertz CT molecular complexity index is 506. The van der Waals surface area contributed by atoms with Gasteiger partial charge in [-0.3, -0.25) is 0 Å². The van der Waals surface area contributed by atoms with Crippen LogP contribution in [0.3, 0.4) is 0 Å². The van der Waals surface area contributed by atoms with E-state index < -0.39 is 0 Å². The van der Waals surface area contributed by atoms with Gasteiger partial charge in [-0.15, -0.1) is 11.3 Å². The van der Waals surface area contributed by atoms with Gasteiger partial charge < -0.3 is 15.0 Å². The van der Waals surface area contributed by atoms with Crippen LogP contribution in [0, 0.1) is 0 Å². The van der Waals surface area contributed by atoms with E-state index in [0.717, 1.165) is 45.1 Å². The van der Waals surface area contributed by atoms with Crippen molar-refractivity contribution in [2.24, 2.45) is 0 Å². The molecule has 20 heavy (non-hydrogen) atoms. The van der Waals surface area contributed by atoms with Gasteiger partial charge in [0.15, 0.2) is 0 Å². The average Bonchev–Trinajstić information content (AvgIpc) is 3.02. The normalized spacial score (nSPS) is 15.5. The van der Waals surface area contributed by atoms with Crippen molar-refractivity contribution in [3.05, 3.63) is 46.4 Å². The van der Waals surface area contributed by atoms with Crippen molar-refractivity contribution in [3.63, 3.8) is 0 Å². The fourth-order valence-electron chi connectivity index (χ4n) is 2.31. The molecule has 0 atom stereocenters. The standard InChI is InChI=1S/C15H19N3OS/c1-3-15(18-5-7-19-8-6-18)4-2-13(1)9-16-10-14-11-20-12-17-14/h1-4,11-12,16H,5-10H2. The van der Waals surface area contributed by atoms with Crippen LogP contribution in [0.1, 0.15) is 11.3 Å². The number of aromatic nitrogens is 1. The lowest BCUT2D eigenvalue weighted by molar-refractivity contribution is 0.122. The Balaban J connectivity index is 1.50. The minimum atomic E-state index is 0.828. The summed E-state index contributed by atoms with van der Waals surface area (Å²) in [5.41, 5.74) is 5.57. The topological polar surface area (TPSA) is 37.4 Å². The van der Waals surface area contributed by atoms with Crippen molar-refractivity contribution in [1.29, 1.82) is 0 Å². The smallest absolute Gasteiger partial charge is 0.0795 e. The molecule has 0 aliphatic carbocycles. The summed E-state index contributed by atoms with van der Waals surface area (Å²) in [5.74, 6) is 0. The van der Waals surface area contributed by atoms with Gasteiger partial charge in [-0.05, 0) is 17.7 Å². The molecule has 3 rings (SSSR count). The zero-order chi connectivity index (χ0) is 13.6. The Morgan fingerprint density at radius 2 is 1.95 bits per heavy atom. The molecule has 1 aromatic carbocycles. The van der Waals surface area contributed by atoms with Crippen molar-refractivity contribution in [2.75, 3.05) is 31.2 Å². The van der Waals surface area contributed by atoms with Crippen LogP contribution in [0.15, 0.2) is 35.2 Å². The van der Waals surface area contributed by atoms with Crippen LogP contribution >= 0.6 is 11.3 Å². The molecule has 1 aliphatic heterocycles. The highest BCUT2D eigenvalue weighted by Gasteiger charge is 2.10. The molecular formula is C15H19N3OS. The first-order valence-electron chi connectivity index (χ1n) is 6.91. The van der Waals surface area contributed by atoms with Gasteiger partial charge in [0.25, 0.3) is 0 Å². The number of nitrogens with one attached hydrogen (secondary N) is 1. The number of ether oxygens (including phenoxy) is 1. The maximum absolute atomic E-state index is 5.38. The number of thiazole rings is 1. The molecule has 0 amide bonds. The highest BCUT2D eigenvalue weighted by molar-refractivity contribution is 7.07. The molecule has 2 heterocycles. The van der Waals surface area contributed by atoms with Gasteiger partial charge in [0.1, 0.15) is 0 Å². The first-order valence-corrected chi connectivity index (χ1v) is 7.85. The Morgan fingerprint density at radius 3 is 2.65 bits per heavy atom. The molecule has 1 aliphatic rings. The maximum atomic E-state index is 5.38. The van der Waals surface area contributed by atoms with Crippen molar-refractivity contribution >= 4 is 17.0 Å². The minimum absolute atomic E-state index is 0.828. The second kappa shape index (κ2) is 6.83. The zero-order valence-electron chi connectivity index (χ0n) is 11.4. The van der Waals surface area contributed by atoms with Crippen molar-refractivity contribution in [2.45, 2.75) is 13.1 Å². The molecule has 4 nitrogen and oxygen atoms in total. The summed E-state index contributed by atoms with van der Waals surface area (Å²) in [6.45, 7) is 5.34. The third kappa shape index (κ3) is 3.56. The quantitative estimate of drug-likeness (QED) is 0.916. The van der Waals surface area contributed by atoms with Gasteiger partial charge in [0, 0.05) is 37.2 Å². The van der Waals surface area contributed by atoms with Crippen LogP contribution in [0.25, 0.3) is 0 Å². The van der Waals surface area contributed by atoms with Gasteiger partial charge >= 0.3 is 0 Å². The second-order valence-electron chi connectivity index (χ2n) is 4.85. The first kappa shape index (κ1) is 13.5. The van der Waals surface area contributed by atoms with Crippen LogP contribution in [-0.4, -0.2) is 31.3 Å². The predicted molar refractivity (Wildman–Crippen MR) is 82.1 cm³/mol. The summed E-state index contributed by atoms with van der Waals surface area (Å²) in [4.78, 5) is 6.63. The van der Waals surface area contributed by atoms with Crippen LogP contribution in [0.2, 0.25) is 0 Å². The molecule has 2 aromatic rings. The molecule has 1 N–H and O–H groups in total. The molecule has 0 bridgehead atoms. The van der Waals surface area contributed by atoms with Crippen LogP contribution in [-0.2, 0) is 17.8 Å². The Morgan fingerprint density at radius 1 is 1.15 bits per heavy atom. The molecule has 5 heteroatoms. The van der Waals surface area contributed by atoms with Crippen LogP contribution in [0.5, 0.6) is 0 Å². The molecule has 1 fully saturated rings. The van der Waals surface area contributed by atoms with Gasteiger partial charge in [-0.2, -0.15) is 0 Å². The molecule has 1 saturated heterocycles. The third-order valence-corrected chi connectivity index (χ3v) is 4.07. The minimum Gasteiger partial charge on any atom is -0.378 e. The highest BCUT2D eigenvalue weighted by Crippen LogP contribution is 2.16. The van der Waals surface area contributed by atoms with Crippen molar-refractivity contribution in [1.82, 2.24) is 10.3 Å². The lowest BCUT2D eigenvalue weighted by Crippen LogP contribution is -2.36. The van der Waals surface area contributed by atoms with Crippen LogP contribution in [0.4, 0.5) is 5.69 Å². The molecule has 106 valence electrons. The predicted octanol–water partition coefficient (Wildman–Crippen LogP) is 2.27. The summed E-state index contributed by atoms with van der Waals surface area (Å²) in [6.07, 6.45) is 0. The third-order valence-electron chi connectivity index (χ3n) is 3.43. The maximum Gasteiger partial charge on any atom is 0.0795 e. The number of anilines is 1. The molecule has 0 saturated carbocycles. The number of hydrogen-bond donors (Lipinski definition) is 1. The molecule has 0 radical (unpaired) electrons. The van der Waals surface area contributed by atoms with E-state index >= 15 is 0 Å². The van der Waals surface area contributed by atoms with Crippen LogP contribution < -0.4 is 10.2 Å².